The van der Waals surface area contributed by atoms with Crippen LogP contribution in [0.2, 0.25) is 0 Å². The molecule has 0 saturated carbocycles. The van der Waals surface area contributed by atoms with E-state index in [1.54, 1.807) is 18.4 Å². The van der Waals surface area contributed by atoms with Crippen molar-refractivity contribution in [3.05, 3.63) is 42.0 Å². The predicted octanol–water partition coefficient (Wildman–Crippen LogP) is 2.37. The molecule has 2 heterocycles. The van der Waals surface area contributed by atoms with E-state index in [4.69, 9.17) is 4.42 Å². The van der Waals surface area contributed by atoms with Crippen LogP contribution in [-0.4, -0.2) is 58.2 Å². The van der Waals surface area contributed by atoms with Crippen LogP contribution in [0.4, 0.5) is 4.39 Å². The fraction of sp³-hybridized carbons (Fsp3) is 0.500. The topological polar surface area (TPSA) is 52.7 Å². The molecule has 1 aliphatic heterocycles. The minimum atomic E-state index is -0.302. The van der Waals surface area contributed by atoms with Gasteiger partial charge in [-0.1, -0.05) is 6.07 Å². The molecular formula is C18H24FN3O2. The third kappa shape index (κ3) is 4.20. The van der Waals surface area contributed by atoms with Crippen molar-refractivity contribution in [3.8, 4) is 11.5 Å². The Kier molecular flexibility index (Phi) is 5.28. The Morgan fingerprint density at radius 3 is 2.96 bits per heavy atom. The molecule has 0 spiro atoms. The Labute approximate surface area is 141 Å². The number of piperazine rings is 1. The molecule has 2 aromatic rings. The van der Waals surface area contributed by atoms with Crippen molar-refractivity contribution in [1.29, 1.82) is 0 Å². The van der Waals surface area contributed by atoms with Crippen LogP contribution >= 0.6 is 0 Å². The zero-order valence-corrected chi connectivity index (χ0v) is 14.2. The maximum atomic E-state index is 13.3. The van der Waals surface area contributed by atoms with Gasteiger partial charge in [0.2, 0.25) is 5.89 Å². The summed E-state index contributed by atoms with van der Waals surface area (Å²) in [6, 6.07) is 6.66. The average molecular weight is 333 g/mol. The lowest BCUT2D eigenvalue weighted by Crippen LogP contribution is -2.53. The van der Waals surface area contributed by atoms with Crippen LogP contribution in [0, 0.1) is 5.82 Å². The summed E-state index contributed by atoms with van der Waals surface area (Å²) in [6.07, 6.45) is 1.34. The molecule has 1 N–H and O–H groups in total. The molecule has 0 unspecified atom stereocenters. The van der Waals surface area contributed by atoms with Crippen molar-refractivity contribution in [2.24, 2.45) is 0 Å². The first-order chi connectivity index (χ1) is 11.5. The summed E-state index contributed by atoms with van der Waals surface area (Å²) < 4.78 is 18.8. The second-order valence-corrected chi connectivity index (χ2v) is 6.58. The number of nitrogens with zero attached hydrogens (tertiary/aromatic N) is 3. The second kappa shape index (κ2) is 7.42. The van der Waals surface area contributed by atoms with Gasteiger partial charge in [0.15, 0.2) is 0 Å². The first-order valence-electron chi connectivity index (χ1n) is 8.36. The number of aliphatic hydroxyl groups excluding tert-OH is 1. The molecule has 0 aliphatic carbocycles. The predicted molar refractivity (Wildman–Crippen MR) is 89.9 cm³/mol. The van der Waals surface area contributed by atoms with Crippen molar-refractivity contribution in [2.75, 3.05) is 26.2 Å². The smallest absolute Gasteiger partial charge is 0.226 e. The zero-order valence-electron chi connectivity index (χ0n) is 14.2. The van der Waals surface area contributed by atoms with Gasteiger partial charge in [0.25, 0.3) is 0 Å². The molecule has 5 nitrogen and oxygen atoms in total. The van der Waals surface area contributed by atoms with E-state index < -0.39 is 0 Å². The maximum Gasteiger partial charge on any atom is 0.226 e. The van der Waals surface area contributed by atoms with Gasteiger partial charge in [-0.15, -0.1) is 0 Å². The SMILES string of the molecule is C[C@H](O)CN1CCN(Cc2coc(-c3cccc(F)c3)n2)C[C@@H]1C. The van der Waals surface area contributed by atoms with Crippen LogP contribution in [0.3, 0.4) is 0 Å². The Balaban J connectivity index is 1.60. The standard InChI is InChI=1S/C18H24FN3O2/c1-13-9-21(6-7-22(13)10-14(2)23)11-17-12-24-18(20-17)15-4-3-5-16(19)8-15/h3-5,8,12-14,23H,6-7,9-11H2,1-2H3/t13-,14-/m0/s1. The van der Waals surface area contributed by atoms with Gasteiger partial charge in [-0.3, -0.25) is 9.80 Å². The third-order valence-electron chi connectivity index (χ3n) is 4.36. The van der Waals surface area contributed by atoms with Gasteiger partial charge in [-0.25, -0.2) is 9.37 Å². The Morgan fingerprint density at radius 1 is 1.42 bits per heavy atom. The number of aromatic nitrogens is 1. The van der Waals surface area contributed by atoms with E-state index in [9.17, 15) is 9.50 Å². The Bertz CT molecular complexity index is 674. The lowest BCUT2D eigenvalue weighted by Gasteiger charge is -2.40. The van der Waals surface area contributed by atoms with Gasteiger partial charge in [0.1, 0.15) is 12.1 Å². The number of aliphatic hydroxyl groups is 1. The van der Waals surface area contributed by atoms with Crippen LogP contribution in [0.25, 0.3) is 11.5 Å². The van der Waals surface area contributed by atoms with Crippen LogP contribution in [0.1, 0.15) is 19.5 Å². The normalized spacial score (nSPS) is 21.1. The van der Waals surface area contributed by atoms with E-state index >= 15 is 0 Å². The minimum absolute atomic E-state index is 0.296. The molecule has 0 radical (unpaired) electrons. The van der Waals surface area contributed by atoms with Gasteiger partial charge in [0.05, 0.1) is 11.8 Å². The highest BCUT2D eigenvalue weighted by Crippen LogP contribution is 2.21. The quantitative estimate of drug-likeness (QED) is 0.910. The average Bonchev–Trinajstić information content (AvgIpc) is 2.98. The van der Waals surface area contributed by atoms with Crippen molar-refractivity contribution in [1.82, 2.24) is 14.8 Å². The van der Waals surface area contributed by atoms with Crippen LogP contribution in [0.15, 0.2) is 34.9 Å². The van der Waals surface area contributed by atoms with Gasteiger partial charge < -0.3 is 9.52 Å². The van der Waals surface area contributed by atoms with Gasteiger partial charge in [0, 0.05) is 44.3 Å². The Hall–Kier alpha value is -1.76. The van der Waals surface area contributed by atoms with Gasteiger partial charge in [-0.05, 0) is 32.0 Å². The fourth-order valence-corrected chi connectivity index (χ4v) is 3.19. The van der Waals surface area contributed by atoms with Gasteiger partial charge in [-0.2, -0.15) is 0 Å². The van der Waals surface area contributed by atoms with Crippen LogP contribution in [-0.2, 0) is 6.54 Å². The largest absolute Gasteiger partial charge is 0.444 e. The lowest BCUT2D eigenvalue weighted by atomic mass is 10.1. The van der Waals surface area contributed by atoms with E-state index in [2.05, 4.69) is 21.7 Å². The minimum Gasteiger partial charge on any atom is -0.444 e. The fourth-order valence-electron chi connectivity index (χ4n) is 3.19. The molecule has 130 valence electrons. The second-order valence-electron chi connectivity index (χ2n) is 6.58. The van der Waals surface area contributed by atoms with Crippen molar-refractivity contribution < 1.29 is 13.9 Å². The highest BCUT2D eigenvalue weighted by molar-refractivity contribution is 5.52. The molecule has 3 rings (SSSR count). The lowest BCUT2D eigenvalue weighted by molar-refractivity contribution is 0.0418. The van der Waals surface area contributed by atoms with Crippen molar-refractivity contribution >= 4 is 0 Å². The number of β-amino-alcohol motifs (C(OH)–C–C–N with tert-alkyl or cyclic N) is 1. The molecule has 1 fully saturated rings. The molecule has 0 amide bonds. The summed E-state index contributed by atoms with van der Waals surface area (Å²) in [5, 5.41) is 9.55. The highest BCUT2D eigenvalue weighted by Gasteiger charge is 2.25. The third-order valence-corrected chi connectivity index (χ3v) is 4.36. The number of oxazole rings is 1. The summed E-state index contributed by atoms with van der Waals surface area (Å²) >= 11 is 0. The maximum absolute atomic E-state index is 13.3. The van der Waals surface area contributed by atoms with Crippen molar-refractivity contribution in [2.45, 2.75) is 32.5 Å². The molecule has 1 saturated heterocycles. The van der Waals surface area contributed by atoms with E-state index in [1.807, 2.05) is 6.92 Å². The molecular weight excluding hydrogens is 309 g/mol. The molecule has 2 atom stereocenters. The molecule has 1 aliphatic rings. The molecule has 0 bridgehead atoms. The van der Waals surface area contributed by atoms with Crippen LogP contribution in [0.5, 0.6) is 0 Å². The molecule has 24 heavy (non-hydrogen) atoms. The number of hydrogen-bond acceptors (Lipinski definition) is 5. The molecule has 6 heteroatoms. The summed E-state index contributed by atoms with van der Waals surface area (Å²) in [5.41, 5.74) is 1.50. The first-order valence-corrected chi connectivity index (χ1v) is 8.36. The van der Waals surface area contributed by atoms with Gasteiger partial charge >= 0.3 is 0 Å². The van der Waals surface area contributed by atoms with E-state index in [0.29, 0.717) is 30.6 Å². The monoisotopic (exact) mass is 333 g/mol. The summed E-state index contributed by atoms with van der Waals surface area (Å²) in [7, 11) is 0. The Morgan fingerprint density at radius 2 is 2.25 bits per heavy atom. The zero-order chi connectivity index (χ0) is 17.1. The van der Waals surface area contributed by atoms with E-state index in [-0.39, 0.29) is 11.9 Å². The summed E-state index contributed by atoms with van der Waals surface area (Å²) in [6.45, 7) is 8.21. The summed E-state index contributed by atoms with van der Waals surface area (Å²) in [4.78, 5) is 9.12. The first kappa shape index (κ1) is 17.1. The van der Waals surface area contributed by atoms with Crippen molar-refractivity contribution in [3.63, 3.8) is 0 Å². The molecule has 1 aromatic heterocycles. The van der Waals surface area contributed by atoms with E-state index in [1.165, 1.54) is 12.1 Å². The number of rotatable bonds is 5. The number of halogens is 1. The van der Waals surface area contributed by atoms with E-state index in [0.717, 1.165) is 25.3 Å². The highest BCUT2D eigenvalue weighted by atomic mass is 19.1. The number of hydrogen-bond donors (Lipinski definition) is 1. The number of benzene rings is 1. The summed E-state index contributed by atoms with van der Waals surface area (Å²) in [5.74, 6) is 0.153. The van der Waals surface area contributed by atoms with Crippen LogP contribution < -0.4 is 0 Å². The molecule has 1 aromatic carbocycles.